The van der Waals surface area contributed by atoms with Gasteiger partial charge < -0.3 is 15.4 Å². The molecule has 0 bridgehead atoms. The van der Waals surface area contributed by atoms with Crippen molar-refractivity contribution in [3.8, 4) is 5.75 Å². The minimum atomic E-state index is 0. The molecule has 0 unspecified atom stereocenters. The van der Waals surface area contributed by atoms with Gasteiger partial charge >= 0.3 is 0 Å². The molecule has 2 N–H and O–H groups in total. The van der Waals surface area contributed by atoms with E-state index in [0.29, 0.717) is 25.6 Å². The first-order valence-electron chi connectivity index (χ1n) is 8.86. The molecule has 142 valence electrons. The fourth-order valence-corrected chi connectivity index (χ4v) is 4.44. The van der Waals surface area contributed by atoms with E-state index in [1.165, 1.54) is 4.88 Å². The summed E-state index contributed by atoms with van der Waals surface area (Å²) in [6, 6.07) is 12.0. The summed E-state index contributed by atoms with van der Waals surface area (Å²) in [7, 11) is 1.67. The van der Waals surface area contributed by atoms with Crippen LogP contribution in [0.25, 0.3) is 0 Å². The summed E-state index contributed by atoms with van der Waals surface area (Å²) in [6.45, 7) is 1.80. The van der Waals surface area contributed by atoms with Gasteiger partial charge in [0.2, 0.25) is 5.91 Å². The smallest absolute Gasteiger partial charge is 0.226 e. The highest BCUT2D eigenvalue weighted by molar-refractivity contribution is 7.09. The van der Waals surface area contributed by atoms with Gasteiger partial charge in [0.25, 0.3) is 0 Å². The number of rotatable bonds is 7. The van der Waals surface area contributed by atoms with Gasteiger partial charge in [-0.05, 0) is 42.8 Å². The van der Waals surface area contributed by atoms with Crippen LogP contribution in [-0.2, 0) is 17.9 Å². The number of ether oxygens (including phenoxy) is 1. The molecule has 1 saturated carbocycles. The number of methoxy groups -OCH3 is 1. The maximum atomic E-state index is 13.3. The summed E-state index contributed by atoms with van der Waals surface area (Å²) in [5.41, 5.74) is 6.95. The number of benzene rings is 1. The summed E-state index contributed by atoms with van der Waals surface area (Å²) in [4.78, 5) is 16.5. The molecule has 1 heterocycles. The quantitative estimate of drug-likeness (QED) is 0.769. The number of hydrogen-bond donors (Lipinski definition) is 1. The zero-order valence-electron chi connectivity index (χ0n) is 15.1. The van der Waals surface area contributed by atoms with E-state index in [9.17, 15) is 4.79 Å². The van der Waals surface area contributed by atoms with Crippen molar-refractivity contribution >= 4 is 29.7 Å². The second kappa shape index (κ2) is 9.95. The van der Waals surface area contributed by atoms with Crippen molar-refractivity contribution in [2.24, 2.45) is 17.6 Å². The number of nitrogens with two attached hydrogens (primary N) is 1. The highest BCUT2D eigenvalue weighted by Crippen LogP contribution is 2.34. The Morgan fingerprint density at radius 2 is 2.04 bits per heavy atom. The zero-order chi connectivity index (χ0) is 17.6. The number of carbonyl (C=O) groups excluding carboxylic acids is 1. The molecule has 0 saturated heterocycles. The molecule has 1 aromatic carbocycles. The summed E-state index contributed by atoms with van der Waals surface area (Å²) in [5, 5.41) is 2.05. The summed E-state index contributed by atoms with van der Waals surface area (Å²) in [6.07, 6.45) is 3.11. The monoisotopic (exact) mass is 394 g/mol. The Labute approximate surface area is 165 Å². The minimum Gasteiger partial charge on any atom is -0.496 e. The third kappa shape index (κ3) is 4.78. The molecule has 0 radical (unpaired) electrons. The van der Waals surface area contributed by atoms with Gasteiger partial charge in [0, 0.05) is 22.9 Å². The Kier molecular flexibility index (Phi) is 7.94. The maximum absolute atomic E-state index is 13.3. The molecule has 0 aliphatic heterocycles. The fraction of sp³-hybridized carbons (Fsp3) is 0.450. The van der Waals surface area contributed by atoms with Crippen LogP contribution in [0, 0.1) is 11.8 Å². The van der Waals surface area contributed by atoms with Crippen LogP contribution in [-0.4, -0.2) is 24.5 Å². The van der Waals surface area contributed by atoms with Crippen LogP contribution in [0.2, 0.25) is 0 Å². The first-order chi connectivity index (χ1) is 12.2. The van der Waals surface area contributed by atoms with Gasteiger partial charge in [-0.3, -0.25) is 4.79 Å². The van der Waals surface area contributed by atoms with Crippen molar-refractivity contribution in [1.82, 2.24) is 4.90 Å². The average molecular weight is 395 g/mol. The van der Waals surface area contributed by atoms with Crippen molar-refractivity contribution in [3.63, 3.8) is 0 Å². The molecule has 1 fully saturated rings. The Balaban J connectivity index is 0.00000243. The number of hydrogen-bond acceptors (Lipinski definition) is 4. The molecule has 1 aliphatic rings. The van der Waals surface area contributed by atoms with Gasteiger partial charge in [-0.2, -0.15) is 0 Å². The van der Waals surface area contributed by atoms with E-state index in [-0.39, 0.29) is 24.2 Å². The number of carbonyl (C=O) groups is 1. The van der Waals surface area contributed by atoms with Crippen molar-refractivity contribution in [1.29, 1.82) is 0 Å². The lowest BCUT2D eigenvalue weighted by molar-refractivity contribution is -0.137. The second-order valence-electron chi connectivity index (χ2n) is 6.62. The van der Waals surface area contributed by atoms with E-state index in [0.717, 1.165) is 30.6 Å². The highest BCUT2D eigenvalue weighted by Gasteiger charge is 2.35. The molecule has 6 heteroatoms. The molecule has 2 aromatic rings. The largest absolute Gasteiger partial charge is 0.496 e. The number of para-hydroxylation sites is 1. The molecule has 26 heavy (non-hydrogen) atoms. The van der Waals surface area contributed by atoms with Gasteiger partial charge in [-0.25, -0.2) is 0 Å². The van der Waals surface area contributed by atoms with E-state index in [1.54, 1.807) is 18.4 Å². The van der Waals surface area contributed by atoms with Crippen LogP contribution < -0.4 is 10.5 Å². The molecule has 4 nitrogen and oxygen atoms in total. The number of halogens is 1. The lowest BCUT2D eigenvalue weighted by Gasteiger charge is -2.28. The molecule has 1 aromatic heterocycles. The highest BCUT2D eigenvalue weighted by atomic mass is 35.5. The second-order valence-corrected chi connectivity index (χ2v) is 7.65. The SMILES string of the molecule is COc1ccccc1CN(Cc1cccs1)C(=O)[C@@H]1CCC[C@@H]1CN.Cl. The molecule has 0 spiro atoms. The van der Waals surface area contributed by atoms with Gasteiger partial charge in [0.1, 0.15) is 5.75 Å². The Morgan fingerprint density at radius 3 is 2.73 bits per heavy atom. The molecular formula is C20H27ClN2O2S. The molecular weight excluding hydrogens is 368 g/mol. The Hall–Kier alpha value is -1.56. The van der Waals surface area contributed by atoms with Gasteiger partial charge in [-0.15, -0.1) is 23.7 Å². The lowest BCUT2D eigenvalue weighted by atomic mass is 9.94. The van der Waals surface area contributed by atoms with Crippen LogP contribution in [0.3, 0.4) is 0 Å². The Bertz CT molecular complexity index is 693. The summed E-state index contributed by atoms with van der Waals surface area (Å²) >= 11 is 1.69. The van der Waals surface area contributed by atoms with E-state index < -0.39 is 0 Å². The standard InChI is InChI=1S/C20H26N2O2S.ClH/c1-24-19-10-3-2-6-16(19)13-22(14-17-8-5-11-25-17)20(23)18-9-4-7-15(18)12-21;/h2-3,5-6,8,10-11,15,18H,4,7,9,12-14,21H2,1H3;1H/t15-,18-;/m1./s1. The summed E-state index contributed by atoms with van der Waals surface area (Å²) < 4.78 is 5.47. The minimum absolute atomic E-state index is 0. The molecule has 2 atom stereocenters. The van der Waals surface area contributed by atoms with Crippen molar-refractivity contribution in [3.05, 3.63) is 52.2 Å². The van der Waals surface area contributed by atoms with Gasteiger partial charge in [0.05, 0.1) is 13.7 Å². The fourth-order valence-electron chi connectivity index (χ4n) is 3.72. The van der Waals surface area contributed by atoms with Crippen LogP contribution in [0.5, 0.6) is 5.75 Å². The van der Waals surface area contributed by atoms with Crippen LogP contribution in [0.15, 0.2) is 41.8 Å². The molecule has 3 rings (SSSR count). The van der Waals surface area contributed by atoms with Crippen LogP contribution in [0.4, 0.5) is 0 Å². The predicted molar refractivity (Wildman–Crippen MR) is 109 cm³/mol. The average Bonchev–Trinajstić information content (AvgIpc) is 3.32. The molecule has 1 amide bonds. The number of nitrogens with zero attached hydrogens (tertiary/aromatic N) is 1. The maximum Gasteiger partial charge on any atom is 0.226 e. The van der Waals surface area contributed by atoms with Crippen LogP contribution >= 0.6 is 23.7 Å². The first-order valence-corrected chi connectivity index (χ1v) is 9.74. The van der Waals surface area contributed by atoms with Crippen molar-refractivity contribution in [2.75, 3.05) is 13.7 Å². The van der Waals surface area contributed by atoms with Crippen LogP contribution in [0.1, 0.15) is 29.7 Å². The van der Waals surface area contributed by atoms with E-state index >= 15 is 0 Å². The van der Waals surface area contributed by atoms with E-state index in [4.69, 9.17) is 10.5 Å². The van der Waals surface area contributed by atoms with E-state index in [2.05, 4.69) is 11.4 Å². The number of thiophene rings is 1. The summed E-state index contributed by atoms with van der Waals surface area (Å²) in [5.74, 6) is 1.43. The Morgan fingerprint density at radius 1 is 1.23 bits per heavy atom. The van der Waals surface area contributed by atoms with E-state index in [1.807, 2.05) is 35.2 Å². The normalized spacial score (nSPS) is 19.0. The zero-order valence-corrected chi connectivity index (χ0v) is 16.7. The van der Waals surface area contributed by atoms with Gasteiger partial charge in [0.15, 0.2) is 0 Å². The number of amides is 1. The van der Waals surface area contributed by atoms with Crippen molar-refractivity contribution in [2.45, 2.75) is 32.4 Å². The third-order valence-corrected chi connectivity index (χ3v) is 5.93. The lowest BCUT2D eigenvalue weighted by Crippen LogP contribution is -2.38. The van der Waals surface area contributed by atoms with Crippen molar-refractivity contribution < 1.29 is 9.53 Å². The van der Waals surface area contributed by atoms with Gasteiger partial charge in [-0.1, -0.05) is 30.7 Å². The third-order valence-electron chi connectivity index (χ3n) is 5.07. The predicted octanol–water partition coefficient (Wildman–Crippen LogP) is 4.08. The topological polar surface area (TPSA) is 55.6 Å². The molecule has 1 aliphatic carbocycles. The first kappa shape index (κ1) is 20.7.